The molecule has 0 atom stereocenters. The second-order valence-electron chi connectivity index (χ2n) is 8.03. The van der Waals surface area contributed by atoms with Gasteiger partial charge in [0.1, 0.15) is 0 Å². The van der Waals surface area contributed by atoms with Crippen molar-refractivity contribution in [1.29, 1.82) is 0 Å². The van der Waals surface area contributed by atoms with Crippen molar-refractivity contribution in [3.63, 3.8) is 0 Å². The van der Waals surface area contributed by atoms with Crippen molar-refractivity contribution in [2.24, 2.45) is 5.41 Å². The minimum absolute atomic E-state index is 0.164. The highest BCUT2D eigenvalue weighted by Gasteiger charge is 2.28. The maximum Gasteiger partial charge on any atom is 0.328 e. The van der Waals surface area contributed by atoms with Crippen LogP contribution in [-0.4, -0.2) is 38.9 Å². The molecule has 0 aliphatic heterocycles. The first-order valence-corrected chi connectivity index (χ1v) is 7.91. The zero-order chi connectivity index (χ0) is 18.0. The normalized spacial score (nSPS) is 12.7. The van der Waals surface area contributed by atoms with Crippen LogP contribution < -0.4 is 11.2 Å². The third kappa shape index (κ3) is 5.46. The molecule has 0 spiro atoms. The average Bonchev–Trinajstić information content (AvgIpc) is 2.37. The molecule has 0 radical (unpaired) electrons. The summed E-state index contributed by atoms with van der Waals surface area (Å²) in [6.45, 7) is 14.8. The Labute approximate surface area is 137 Å². The van der Waals surface area contributed by atoms with E-state index in [2.05, 4.69) is 9.88 Å². The number of rotatable bonds is 5. The lowest BCUT2D eigenvalue weighted by Gasteiger charge is -2.36. The fourth-order valence-corrected chi connectivity index (χ4v) is 2.08. The monoisotopic (exact) mass is 323 g/mol. The molecule has 0 saturated carbocycles. The van der Waals surface area contributed by atoms with E-state index in [0.717, 1.165) is 0 Å². The maximum absolute atomic E-state index is 12.3. The van der Waals surface area contributed by atoms with E-state index in [0.29, 0.717) is 25.2 Å². The molecule has 6 heteroatoms. The van der Waals surface area contributed by atoms with Crippen molar-refractivity contribution in [3.05, 3.63) is 32.6 Å². The average molecular weight is 323 g/mol. The molecule has 6 nitrogen and oxygen atoms in total. The first-order chi connectivity index (χ1) is 10.3. The van der Waals surface area contributed by atoms with Crippen molar-refractivity contribution in [2.75, 3.05) is 13.1 Å². The third-order valence-electron chi connectivity index (χ3n) is 3.92. The molecule has 0 unspecified atom stereocenters. The molecule has 0 amide bonds. The lowest BCUT2D eigenvalue weighted by molar-refractivity contribution is -0.128. The Morgan fingerprint density at radius 2 is 1.74 bits per heavy atom. The third-order valence-corrected chi connectivity index (χ3v) is 3.92. The summed E-state index contributed by atoms with van der Waals surface area (Å²) in [7, 11) is 0. The molecule has 0 aliphatic carbocycles. The van der Waals surface area contributed by atoms with E-state index in [1.165, 1.54) is 4.57 Å². The summed E-state index contributed by atoms with van der Waals surface area (Å²) < 4.78 is 1.48. The van der Waals surface area contributed by atoms with Crippen LogP contribution in [0, 0.1) is 12.3 Å². The van der Waals surface area contributed by atoms with Crippen molar-refractivity contribution in [3.8, 4) is 0 Å². The number of nitrogens with zero attached hydrogens (tertiary/aromatic N) is 2. The molecule has 0 aliphatic rings. The van der Waals surface area contributed by atoms with Crippen molar-refractivity contribution in [2.45, 2.75) is 60.5 Å². The van der Waals surface area contributed by atoms with Crippen molar-refractivity contribution in [1.82, 2.24) is 14.5 Å². The van der Waals surface area contributed by atoms with Gasteiger partial charge < -0.3 is 0 Å². The molecule has 0 fully saturated rings. The molecule has 1 aromatic heterocycles. The van der Waals surface area contributed by atoms with Crippen LogP contribution in [0.5, 0.6) is 0 Å². The largest absolute Gasteiger partial charge is 0.328 e. The summed E-state index contributed by atoms with van der Waals surface area (Å²) in [5, 5.41) is 0. The number of aryl methyl sites for hydroxylation is 1. The summed E-state index contributed by atoms with van der Waals surface area (Å²) in [5.41, 5.74) is -0.868. The van der Waals surface area contributed by atoms with Crippen LogP contribution in [0.3, 0.4) is 0 Å². The van der Waals surface area contributed by atoms with Gasteiger partial charge in [-0.25, -0.2) is 4.79 Å². The highest BCUT2D eigenvalue weighted by molar-refractivity contribution is 5.85. The number of carbonyl (C=O) groups is 1. The van der Waals surface area contributed by atoms with Crippen LogP contribution in [0.15, 0.2) is 15.8 Å². The van der Waals surface area contributed by atoms with Crippen LogP contribution in [0.25, 0.3) is 0 Å². The zero-order valence-corrected chi connectivity index (χ0v) is 15.3. The second-order valence-corrected chi connectivity index (χ2v) is 8.03. The van der Waals surface area contributed by atoms with Gasteiger partial charge in [-0.1, -0.05) is 20.8 Å². The topological polar surface area (TPSA) is 75.2 Å². The van der Waals surface area contributed by atoms with Crippen LogP contribution in [0.4, 0.5) is 0 Å². The number of Topliss-reactive ketones (excluding diaryl/α,β-unsaturated/α-hetero) is 1. The molecule has 23 heavy (non-hydrogen) atoms. The Kier molecular flexibility index (Phi) is 5.74. The maximum atomic E-state index is 12.3. The molecular weight excluding hydrogens is 294 g/mol. The van der Waals surface area contributed by atoms with E-state index in [1.807, 2.05) is 41.5 Å². The van der Waals surface area contributed by atoms with E-state index >= 15 is 0 Å². The number of carbonyl (C=O) groups excluding carboxylic acids is 1. The molecule has 1 N–H and O–H groups in total. The van der Waals surface area contributed by atoms with Gasteiger partial charge in [0.2, 0.25) is 0 Å². The number of hydrogen-bond acceptors (Lipinski definition) is 4. The lowest BCUT2D eigenvalue weighted by Crippen LogP contribution is -2.48. The first-order valence-electron chi connectivity index (χ1n) is 7.91. The Morgan fingerprint density at radius 3 is 2.22 bits per heavy atom. The van der Waals surface area contributed by atoms with Gasteiger partial charge in [0.25, 0.3) is 5.56 Å². The summed E-state index contributed by atoms with van der Waals surface area (Å²) in [6, 6.07) is 0. The molecule has 0 bridgehead atoms. The number of nitrogens with one attached hydrogen (secondary N) is 1. The molecular formula is C17H29N3O3. The van der Waals surface area contributed by atoms with Gasteiger partial charge in [0, 0.05) is 35.8 Å². The fraction of sp³-hybridized carbons (Fsp3) is 0.706. The quantitative estimate of drug-likeness (QED) is 0.892. The SMILES string of the molecule is Cc1cn(CCN(CC(=O)C(C)(C)C)C(C)(C)C)c(=O)[nH]c1=O. The molecule has 130 valence electrons. The van der Waals surface area contributed by atoms with Gasteiger partial charge >= 0.3 is 5.69 Å². The summed E-state index contributed by atoms with van der Waals surface area (Å²) >= 11 is 0. The molecule has 0 saturated heterocycles. The number of H-pyrrole nitrogens is 1. The highest BCUT2D eigenvalue weighted by atomic mass is 16.2. The van der Waals surface area contributed by atoms with E-state index in [4.69, 9.17) is 0 Å². The molecule has 1 heterocycles. The molecule has 1 aromatic rings. The molecule has 1 rings (SSSR count). The number of ketones is 1. The zero-order valence-electron chi connectivity index (χ0n) is 15.3. The van der Waals surface area contributed by atoms with Gasteiger partial charge in [-0.15, -0.1) is 0 Å². The number of hydrogen-bond donors (Lipinski definition) is 1. The predicted octanol–water partition coefficient (Wildman–Crippen LogP) is 1.56. The van der Waals surface area contributed by atoms with Crippen molar-refractivity contribution >= 4 is 5.78 Å². The van der Waals surface area contributed by atoms with E-state index < -0.39 is 11.1 Å². The van der Waals surface area contributed by atoms with Crippen LogP contribution in [0.2, 0.25) is 0 Å². The Hall–Kier alpha value is -1.69. The van der Waals surface area contributed by atoms with E-state index in [9.17, 15) is 14.4 Å². The smallest absolute Gasteiger partial charge is 0.299 e. The highest BCUT2D eigenvalue weighted by Crippen LogP contribution is 2.19. The standard InChI is InChI=1S/C17H29N3O3/c1-12-10-19(15(23)18-14(12)22)8-9-20(17(5,6)7)11-13(21)16(2,3)4/h10H,8-9,11H2,1-7H3,(H,18,22,23). The Bertz CT molecular complexity index is 672. The van der Waals surface area contributed by atoms with Gasteiger partial charge in [-0.3, -0.25) is 24.0 Å². The summed E-state index contributed by atoms with van der Waals surface area (Å²) in [4.78, 5) is 40.0. The van der Waals surface area contributed by atoms with Gasteiger partial charge in [-0.05, 0) is 27.7 Å². The first kappa shape index (κ1) is 19.4. The number of aromatic nitrogens is 2. The van der Waals surface area contributed by atoms with Crippen molar-refractivity contribution < 1.29 is 4.79 Å². The summed E-state index contributed by atoms with van der Waals surface area (Å²) in [5.74, 6) is 0.164. The minimum atomic E-state index is -0.420. The van der Waals surface area contributed by atoms with E-state index in [1.54, 1.807) is 13.1 Å². The summed E-state index contributed by atoms with van der Waals surface area (Å²) in [6.07, 6.45) is 1.56. The Balaban J connectivity index is 2.92. The van der Waals surface area contributed by atoms with E-state index in [-0.39, 0.29) is 16.9 Å². The van der Waals surface area contributed by atoms with Gasteiger partial charge in [0.05, 0.1) is 6.54 Å². The van der Waals surface area contributed by atoms with Crippen LogP contribution in [-0.2, 0) is 11.3 Å². The molecule has 0 aromatic carbocycles. The van der Waals surface area contributed by atoms with Gasteiger partial charge in [0.15, 0.2) is 5.78 Å². The predicted molar refractivity (Wildman–Crippen MR) is 91.8 cm³/mol. The van der Waals surface area contributed by atoms with Gasteiger partial charge in [-0.2, -0.15) is 0 Å². The number of aromatic amines is 1. The van der Waals surface area contributed by atoms with Crippen LogP contribution >= 0.6 is 0 Å². The Morgan fingerprint density at radius 1 is 1.17 bits per heavy atom. The lowest BCUT2D eigenvalue weighted by atomic mass is 9.89. The van der Waals surface area contributed by atoms with Crippen LogP contribution in [0.1, 0.15) is 47.1 Å². The fourth-order valence-electron chi connectivity index (χ4n) is 2.08. The second kappa shape index (κ2) is 6.83. The minimum Gasteiger partial charge on any atom is -0.299 e.